The van der Waals surface area contributed by atoms with E-state index in [0.29, 0.717) is 11.2 Å². The van der Waals surface area contributed by atoms with Crippen molar-refractivity contribution < 1.29 is 4.79 Å². The van der Waals surface area contributed by atoms with E-state index < -0.39 is 5.25 Å². The molecular formula is C25H18N4OS. The Kier molecular flexibility index (Phi) is 5.29. The SMILES string of the molecule is O=C(c1ccccc1)[C@H](Sc1ncnc2c1cnn2-c1ccccc1)c1ccccc1. The molecule has 0 saturated carbocycles. The highest BCUT2D eigenvalue weighted by Crippen LogP contribution is 2.39. The molecule has 150 valence electrons. The van der Waals surface area contributed by atoms with Gasteiger partial charge >= 0.3 is 0 Å². The number of thioether (sulfide) groups is 1. The number of hydrogen-bond donors (Lipinski definition) is 0. The highest BCUT2D eigenvalue weighted by molar-refractivity contribution is 8.00. The van der Waals surface area contributed by atoms with Crippen LogP contribution in [-0.4, -0.2) is 25.5 Å². The van der Waals surface area contributed by atoms with Crippen molar-refractivity contribution in [3.8, 4) is 5.69 Å². The average molecular weight is 423 g/mol. The van der Waals surface area contributed by atoms with Crippen molar-refractivity contribution in [2.24, 2.45) is 0 Å². The molecule has 2 heterocycles. The zero-order valence-electron chi connectivity index (χ0n) is 16.5. The van der Waals surface area contributed by atoms with Gasteiger partial charge in [-0.15, -0.1) is 0 Å². The lowest BCUT2D eigenvalue weighted by Crippen LogP contribution is -2.10. The molecule has 0 spiro atoms. The molecule has 0 N–H and O–H groups in total. The van der Waals surface area contributed by atoms with Crippen LogP contribution < -0.4 is 0 Å². The highest BCUT2D eigenvalue weighted by atomic mass is 32.2. The van der Waals surface area contributed by atoms with Crippen molar-refractivity contribution in [3.05, 3.63) is 115 Å². The highest BCUT2D eigenvalue weighted by Gasteiger charge is 2.25. The van der Waals surface area contributed by atoms with Crippen molar-refractivity contribution in [3.63, 3.8) is 0 Å². The third-order valence-corrected chi connectivity index (χ3v) is 6.23. The molecule has 6 heteroatoms. The predicted octanol–water partition coefficient (Wildman–Crippen LogP) is 5.53. The Bertz CT molecular complexity index is 1320. The second-order valence-electron chi connectivity index (χ2n) is 6.95. The van der Waals surface area contributed by atoms with E-state index in [-0.39, 0.29) is 5.78 Å². The normalized spacial score (nSPS) is 12.0. The topological polar surface area (TPSA) is 60.7 Å². The fourth-order valence-corrected chi connectivity index (χ4v) is 4.58. The van der Waals surface area contributed by atoms with Crippen LogP contribution >= 0.6 is 11.8 Å². The molecule has 0 radical (unpaired) electrons. The van der Waals surface area contributed by atoms with Crippen molar-refractivity contribution in [2.45, 2.75) is 10.3 Å². The summed E-state index contributed by atoms with van der Waals surface area (Å²) in [5.74, 6) is 0.0408. The van der Waals surface area contributed by atoms with Crippen LogP contribution in [0.1, 0.15) is 21.2 Å². The minimum Gasteiger partial charge on any atom is -0.293 e. The van der Waals surface area contributed by atoms with Crippen LogP contribution in [-0.2, 0) is 0 Å². The lowest BCUT2D eigenvalue weighted by molar-refractivity contribution is 0.0989. The molecule has 3 aromatic carbocycles. The van der Waals surface area contributed by atoms with Crippen LogP contribution in [0.15, 0.2) is 109 Å². The van der Waals surface area contributed by atoms with E-state index in [4.69, 9.17) is 0 Å². The molecule has 0 aliphatic rings. The fraction of sp³-hybridized carbons (Fsp3) is 0.0400. The van der Waals surface area contributed by atoms with Crippen LogP contribution in [0.4, 0.5) is 0 Å². The van der Waals surface area contributed by atoms with Crippen molar-refractivity contribution in [1.29, 1.82) is 0 Å². The quantitative estimate of drug-likeness (QED) is 0.204. The first-order valence-electron chi connectivity index (χ1n) is 9.86. The van der Waals surface area contributed by atoms with Crippen LogP contribution in [0.2, 0.25) is 0 Å². The lowest BCUT2D eigenvalue weighted by Gasteiger charge is -2.16. The number of Topliss-reactive ketones (excluding diaryl/α,β-unsaturated/α-hetero) is 1. The molecule has 0 unspecified atom stereocenters. The number of para-hydroxylation sites is 1. The Morgan fingerprint density at radius 2 is 1.45 bits per heavy atom. The summed E-state index contributed by atoms with van der Waals surface area (Å²) in [4.78, 5) is 22.4. The molecule has 2 aromatic heterocycles. The van der Waals surface area contributed by atoms with E-state index in [1.807, 2.05) is 91.0 Å². The van der Waals surface area contributed by atoms with Gasteiger partial charge in [0.15, 0.2) is 11.4 Å². The molecular weight excluding hydrogens is 404 g/mol. The van der Waals surface area contributed by atoms with E-state index in [9.17, 15) is 4.79 Å². The number of rotatable bonds is 6. The summed E-state index contributed by atoms with van der Waals surface area (Å²) in [6.07, 6.45) is 3.29. The lowest BCUT2D eigenvalue weighted by atomic mass is 10.0. The Labute approximate surface area is 183 Å². The number of carbonyl (C=O) groups is 1. The zero-order valence-corrected chi connectivity index (χ0v) is 17.3. The molecule has 0 aliphatic heterocycles. The second-order valence-corrected chi connectivity index (χ2v) is 8.04. The maximum Gasteiger partial charge on any atom is 0.180 e. The van der Waals surface area contributed by atoms with Gasteiger partial charge < -0.3 is 0 Å². The van der Waals surface area contributed by atoms with Gasteiger partial charge in [0.25, 0.3) is 0 Å². The third kappa shape index (κ3) is 3.85. The maximum atomic E-state index is 13.4. The van der Waals surface area contributed by atoms with Crippen molar-refractivity contribution in [2.75, 3.05) is 0 Å². The second kappa shape index (κ2) is 8.53. The third-order valence-electron chi connectivity index (χ3n) is 4.96. The average Bonchev–Trinajstić information content (AvgIpc) is 3.29. The Morgan fingerprint density at radius 1 is 0.806 bits per heavy atom. The Balaban J connectivity index is 1.57. The predicted molar refractivity (Wildman–Crippen MR) is 122 cm³/mol. The number of benzene rings is 3. The maximum absolute atomic E-state index is 13.4. The molecule has 0 amide bonds. The van der Waals surface area contributed by atoms with Gasteiger partial charge in [0.2, 0.25) is 0 Å². The van der Waals surface area contributed by atoms with Gasteiger partial charge in [-0.1, -0.05) is 90.6 Å². The molecule has 0 bridgehead atoms. The van der Waals surface area contributed by atoms with Crippen LogP contribution in [0.3, 0.4) is 0 Å². The Hall–Kier alpha value is -3.77. The van der Waals surface area contributed by atoms with Gasteiger partial charge in [-0.3, -0.25) is 4.79 Å². The van der Waals surface area contributed by atoms with Gasteiger partial charge in [0.1, 0.15) is 11.4 Å². The van der Waals surface area contributed by atoms with Gasteiger partial charge in [0.05, 0.1) is 22.5 Å². The van der Waals surface area contributed by atoms with Crippen LogP contribution in [0, 0.1) is 0 Å². The smallest absolute Gasteiger partial charge is 0.180 e. The summed E-state index contributed by atoms with van der Waals surface area (Å²) in [6, 6.07) is 29.0. The minimum absolute atomic E-state index is 0.0408. The summed E-state index contributed by atoms with van der Waals surface area (Å²) in [5.41, 5.74) is 3.24. The van der Waals surface area contributed by atoms with Crippen molar-refractivity contribution in [1.82, 2.24) is 19.7 Å². The number of aromatic nitrogens is 4. The monoisotopic (exact) mass is 422 g/mol. The first kappa shape index (κ1) is 19.2. The molecule has 0 aliphatic carbocycles. The molecule has 5 rings (SSSR count). The molecule has 0 fully saturated rings. The summed E-state index contributed by atoms with van der Waals surface area (Å²) >= 11 is 1.43. The molecule has 5 nitrogen and oxygen atoms in total. The molecule has 5 aromatic rings. The molecule has 31 heavy (non-hydrogen) atoms. The van der Waals surface area contributed by atoms with E-state index in [1.165, 1.54) is 18.1 Å². The molecule has 1 atom stereocenters. The number of nitrogens with zero attached hydrogens (tertiary/aromatic N) is 4. The van der Waals surface area contributed by atoms with E-state index in [0.717, 1.165) is 21.7 Å². The summed E-state index contributed by atoms with van der Waals surface area (Å²) < 4.78 is 1.79. The fourth-order valence-electron chi connectivity index (χ4n) is 3.44. The van der Waals surface area contributed by atoms with E-state index in [2.05, 4.69) is 15.1 Å². The largest absolute Gasteiger partial charge is 0.293 e. The van der Waals surface area contributed by atoms with E-state index >= 15 is 0 Å². The van der Waals surface area contributed by atoms with Gasteiger partial charge in [-0.05, 0) is 17.7 Å². The Morgan fingerprint density at radius 3 is 2.16 bits per heavy atom. The minimum atomic E-state index is -0.429. The number of ketones is 1. The van der Waals surface area contributed by atoms with Crippen molar-refractivity contribution >= 4 is 28.6 Å². The number of carbonyl (C=O) groups excluding carboxylic acids is 1. The summed E-state index contributed by atoms with van der Waals surface area (Å²) in [6.45, 7) is 0. The summed E-state index contributed by atoms with van der Waals surface area (Å²) in [5, 5.41) is 5.64. The van der Waals surface area contributed by atoms with Crippen LogP contribution in [0.5, 0.6) is 0 Å². The van der Waals surface area contributed by atoms with E-state index in [1.54, 1.807) is 10.9 Å². The standard InChI is InChI=1S/C25H18N4OS/c30-22(18-10-4-1-5-11-18)23(19-12-6-2-7-13-19)31-25-21-16-28-29(24(21)26-17-27-25)20-14-8-3-9-15-20/h1-17,23H/t23-/m1/s1. The first-order valence-corrected chi connectivity index (χ1v) is 10.7. The first-order chi connectivity index (χ1) is 15.3. The van der Waals surface area contributed by atoms with Gasteiger partial charge in [-0.2, -0.15) is 5.10 Å². The molecule has 0 saturated heterocycles. The zero-order chi connectivity index (χ0) is 21.0. The van der Waals surface area contributed by atoms with Gasteiger partial charge in [-0.25, -0.2) is 14.6 Å². The van der Waals surface area contributed by atoms with Gasteiger partial charge in [0, 0.05) is 5.56 Å². The number of fused-ring (bicyclic) bond motifs is 1. The number of hydrogen-bond acceptors (Lipinski definition) is 5. The summed E-state index contributed by atoms with van der Waals surface area (Å²) in [7, 11) is 0. The van der Waals surface area contributed by atoms with Crippen LogP contribution in [0.25, 0.3) is 16.7 Å².